The standard InChI is InChI=1S/C30H30F3NO/c1-2-17-35-28-15-11-23(12-16-28)22-9-13-27(14-10-22)30(32,33)19-21-3-5-24(6-4-21)25-7-8-26(20-34)29(31)18-25/h3-8,11-12,15-16,18,22,27H,2,9-10,13-14,17,19H2,1H3. The van der Waals surface area contributed by atoms with Gasteiger partial charge in [-0.05, 0) is 84.5 Å². The molecule has 0 heterocycles. The van der Waals surface area contributed by atoms with Crippen LogP contribution in [0.1, 0.15) is 61.6 Å². The number of nitriles is 1. The third-order valence-corrected chi connectivity index (χ3v) is 6.97. The fraction of sp³-hybridized carbons (Fsp3) is 0.367. The second-order valence-electron chi connectivity index (χ2n) is 9.41. The van der Waals surface area contributed by atoms with Crippen molar-refractivity contribution in [2.45, 2.75) is 57.3 Å². The molecule has 3 aromatic rings. The van der Waals surface area contributed by atoms with E-state index in [-0.39, 0.29) is 12.0 Å². The zero-order valence-electron chi connectivity index (χ0n) is 19.9. The Labute approximate surface area is 205 Å². The van der Waals surface area contributed by atoms with Crippen LogP contribution >= 0.6 is 0 Å². The van der Waals surface area contributed by atoms with E-state index in [1.807, 2.05) is 12.1 Å². The lowest BCUT2D eigenvalue weighted by atomic mass is 9.75. The maximum Gasteiger partial charge on any atom is 0.254 e. The van der Waals surface area contributed by atoms with E-state index < -0.39 is 17.7 Å². The Balaban J connectivity index is 1.34. The van der Waals surface area contributed by atoms with Crippen LogP contribution in [0.2, 0.25) is 0 Å². The third kappa shape index (κ3) is 6.06. The van der Waals surface area contributed by atoms with Gasteiger partial charge in [-0.1, -0.05) is 49.4 Å². The first kappa shape index (κ1) is 24.9. The molecular weight excluding hydrogens is 447 g/mol. The summed E-state index contributed by atoms with van der Waals surface area (Å²) < 4.78 is 49.9. The van der Waals surface area contributed by atoms with Gasteiger partial charge in [-0.3, -0.25) is 0 Å². The van der Waals surface area contributed by atoms with Gasteiger partial charge in [0.2, 0.25) is 0 Å². The maximum atomic E-state index is 15.2. The molecule has 2 nitrogen and oxygen atoms in total. The van der Waals surface area contributed by atoms with Crippen LogP contribution in [0.5, 0.6) is 5.75 Å². The van der Waals surface area contributed by atoms with Crippen molar-refractivity contribution in [3.05, 3.63) is 89.2 Å². The Kier molecular flexibility index (Phi) is 7.80. The summed E-state index contributed by atoms with van der Waals surface area (Å²) in [7, 11) is 0. The highest BCUT2D eigenvalue weighted by molar-refractivity contribution is 5.64. The molecular formula is C30H30F3NO. The van der Waals surface area contributed by atoms with Crippen LogP contribution < -0.4 is 4.74 Å². The Bertz CT molecular complexity index is 1160. The van der Waals surface area contributed by atoms with Gasteiger partial charge in [0.1, 0.15) is 17.6 Å². The van der Waals surface area contributed by atoms with Crippen LogP contribution in [0.4, 0.5) is 13.2 Å². The minimum absolute atomic E-state index is 0.0160. The molecule has 182 valence electrons. The molecule has 0 radical (unpaired) electrons. The van der Waals surface area contributed by atoms with E-state index in [1.165, 1.54) is 17.7 Å². The van der Waals surface area contributed by atoms with Crippen LogP contribution in [-0.4, -0.2) is 12.5 Å². The third-order valence-electron chi connectivity index (χ3n) is 6.97. The van der Waals surface area contributed by atoms with Crippen molar-refractivity contribution in [3.63, 3.8) is 0 Å². The summed E-state index contributed by atoms with van der Waals surface area (Å²) in [4.78, 5) is 0. The number of nitrogens with zero attached hydrogens (tertiary/aromatic N) is 1. The van der Waals surface area contributed by atoms with Gasteiger partial charge >= 0.3 is 0 Å². The summed E-state index contributed by atoms with van der Waals surface area (Å²) in [6.45, 7) is 2.76. The summed E-state index contributed by atoms with van der Waals surface area (Å²) in [6.07, 6.45) is 3.20. The lowest BCUT2D eigenvalue weighted by Gasteiger charge is -2.34. The molecule has 0 bridgehead atoms. The van der Waals surface area contributed by atoms with E-state index in [0.29, 0.717) is 36.5 Å². The average Bonchev–Trinajstić information content (AvgIpc) is 2.88. The van der Waals surface area contributed by atoms with Gasteiger partial charge in [0.25, 0.3) is 5.92 Å². The number of alkyl halides is 2. The average molecular weight is 478 g/mol. The van der Waals surface area contributed by atoms with E-state index in [0.717, 1.165) is 30.6 Å². The predicted octanol–water partition coefficient (Wildman–Crippen LogP) is 8.30. The molecule has 0 aliphatic heterocycles. The highest BCUT2D eigenvalue weighted by Gasteiger charge is 2.41. The summed E-state index contributed by atoms with van der Waals surface area (Å²) >= 11 is 0. The molecule has 1 aliphatic rings. The van der Waals surface area contributed by atoms with E-state index in [9.17, 15) is 4.39 Å². The van der Waals surface area contributed by atoms with E-state index in [2.05, 4.69) is 19.1 Å². The second-order valence-corrected chi connectivity index (χ2v) is 9.41. The number of ether oxygens (including phenoxy) is 1. The van der Waals surface area contributed by atoms with Crippen LogP contribution in [0.25, 0.3) is 11.1 Å². The van der Waals surface area contributed by atoms with Gasteiger partial charge in [0.15, 0.2) is 0 Å². The van der Waals surface area contributed by atoms with Crippen molar-refractivity contribution in [1.29, 1.82) is 5.26 Å². The normalized spacial score (nSPS) is 18.1. The molecule has 0 spiro atoms. The number of benzene rings is 3. The monoisotopic (exact) mass is 477 g/mol. The molecule has 0 amide bonds. The lowest BCUT2D eigenvalue weighted by Crippen LogP contribution is -2.33. The van der Waals surface area contributed by atoms with E-state index in [1.54, 1.807) is 36.4 Å². The van der Waals surface area contributed by atoms with Crippen molar-refractivity contribution >= 4 is 0 Å². The molecule has 3 aromatic carbocycles. The number of rotatable bonds is 8. The Morgan fingerprint density at radius 2 is 1.57 bits per heavy atom. The first-order valence-corrected chi connectivity index (χ1v) is 12.3. The molecule has 1 fully saturated rings. The summed E-state index contributed by atoms with van der Waals surface area (Å²) in [6, 6.07) is 21.1. The van der Waals surface area contributed by atoms with Crippen LogP contribution in [0.3, 0.4) is 0 Å². The zero-order valence-corrected chi connectivity index (χ0v) is 19.9. The number of hydrogen-bond donors (Lipinski definition) is 0. The lowest BCUT2D eigenvalue weighted by molar-refractivity contribution is -0.0715. The molecule has 1 aliphatic carbocycles. The number of halogens is 3. The second kappa shape index (κ2) is 11.0. The van der Waals surface area contributed by atoms with Crippen LogP contribution in [0.15, 0.2) is 66.7 Å². The van der Waals surface area contributed by atoms with Crippen molar-refractivity contribution < 1.29 is 17.9 Å². The fourth-order valence-electron chi connectivity index (χ4n) is 4.92. The SMILES string of the molecule is CCCOc1ccc(C2CCC(C(F)(F)Cc3ccc(-c4ccc(C#N)c(F)c4)cc3)CC2)cc1. The summed E-state index contributed by atoms with van der Waals surface area (Å²) in [5.74, 6) is -2.82. The first-order chi connectivity index (χ1) is 16.9. The smallest absolute Gasteiger partial charge is 0.254 e. The Morgan fingerprint density at radius 3 is 2.17 bits per heavy atom. The summed E-state index contributed by atoms with van der Waals surface area (Å²) in [5, 5.41) is 8.87. The fourth-order valence-corrected chi connectivity index (χ4v) is 4.92. The molecule has 0 unspecified atom stereocenters. The van der Waals surface area contributed by atoms with Gasteiger partial charge in [-0.15, -0.1) is 0 Å². The molecule has 0 saturated heterocycles. The zero-order chi connectivity index (χ0) is 24.8. The van der Waals surface area contributed by atoms with E-state index in [4.69, 9.17) is 10.00 Å². The summed E-state index contributed by atoms with van der Waals surface area (Å²) in [5.41, 5.74) is 3.09. The maximum absolute atomic E-state index is 15.2. The number of hydrogen-bond acceptors (Lipinski definition) is 2. The van der Waals surface area contributed by atoms with Crippen molar-refractivity contribution in [2.75, 3.05) is 6.61 Å². The van der Waals surface area contributed by atoms with Gasteiger partial charge < -0.3 is 4.74 Å². The van der Waals surface area contributed by atoms with Crippen LogP contribution in [0, 0.1) is 23.1 Å². The largest absolute Gasteiger partial charge is 0.494 e. The van der Waals surface area contributed by atoms with Crippen molar-refractivity contribution in [1.82, 2.24) is 0 Å². The molecule has 0 N–H and O–H groups in total. The predicted molar refractivity (Wildman–Crippen MR) is 132 cm³/mol. The minimum atomic E-state index is -2.77. The molecule has 0 atom stereocenters. The first-order valence-electron chi connectivity index (χ1n) is 12.3. The highest BCUT2D eigenvalue weighted by Crippen LogP contribution is 2.44. The molecule has 1 saturated carbocycles. The quantitative estimate of drug-likeness (QED) is 0.327. The van der Waals surface area contributed by atoms with Crippen LogP contribution in [-0.2, 0) is 6.42 Å². The molecule has 4 rings (SSSR count). The highest BCUT2D eigenvalue weighted by atomic mass is 19.3. The van der Waals surface area contributed by atoms with Gasteiger partial charge in [0.05, 0.1) is 12.2 Å². The van der Waals surface area contributed by atoms with E-state index >= 15 is 8.78 Å². The van der Waals surface area contributed by atoms with Gasteiger partial charge in [0, 0.05) is 12.3 Å². The van der Waals surface area contributed by atoms with Crippen molar-refractivity contribution in [2.24, 2.45) is 5.92 Å². The van der Waals surface area contributed by atoms with Gasteiger partial charge in [-0.25, -0.2) is 13.2 Å². The Morgan fingerprint density at radius 1 is 0.914 bits per heavy atom. The molecule has 0 aromatic heterocycles. The minimum Gasteiger partial charge on any atom is -0.494 e. The van der Waals surface area contributed by atoms with Crippen molar-refractivity contribution in [3.8, 4) is 22.9 Å². The Hall–Kier alpha value is -3.26. The molecule has 35 heavy (non-hydrogen) atoms. The molecule has 5 heteroatoms. The topological polar surface area (TPSA) is 33.0 Å². The van der Waals surface area contributed by atoms with Gasteiger partial charge in [-0.2, -0.15) is 5.26 Å².